The summed E-state index contributed by atoms with van der Waals surface area (Å²) in [5, 5.41) is 11.7. The number of nitrogens with zero attached hydrogens (tertiary/aromatic N) is 3. The van der Waals surface area contributed by atoms with E-state index in [1.54, 1.807) is 10.9 Å². The van der Waals surface area contributed by atoms with Gasteiger partial charge in [0, 0.05) is 5.56 Å². The van der Waals surface area contributed by atoms with E-state index in [0.717, 1.165) is 16.9 Å². The highest BCUT2D eigenvalue weighted by Crippen LogP contribution is 2.24. The van der Waals surface area contributed by atoms with Gasteiger partial charge in [-0.1, -0.05) is 57.2 Å². The highest BCUT2D eigenvalue weighted by Gasteiger charge is 2.13. The summed E-state index contributed by atoms with van der Waals surface area (Å²) in [6.07, 6.45) is 1.89. The average molecular weight is 395 g/mol. The Labute approximate surface area is 171 Å². The number of rotatable bonds is 5. The molecule has 0 aliphatic heterocycles. The molecule has 0 unspecified atom stereocenters. The van der Waals surface area contributed by atoms with Crippen LogP contribution in [0.2, 0.25) is 0 Å². The Bertz CT molecular complexity index is 1020. The van der Waals surface area contributed by atoms with Crippen molar-refractivity contribution in [1.29, 1.82) is 0 Å². The summed E-state index contributed by atoms with van der Waals surface area (Å²) >= 11 is 5.36. The first-order valence-electron chi connectivity index (χ1n) is 9.33. The van der Waals surface area contributed by atoms with Crippen LogP contribution < -0.4 is 4.74 Å². The van der Waals surface area contributed by atoms with Gasteiger partial charge < -0.3 is 4.74 Å². The second kappa shape index (κ2) is 8.10. The Morgan fingerprint density at radius 3 is 2.50 bits per heavy atom. The molecular weight excluding hydrogens is 368 g/mol. The van der Waals surface area contributed by atoms with Crippen LogP contribution in [0, 0.1) is 4.77 Å². The van der Waals surface area contributed by atoms with Crippen LogP contribution in [0.1, 0.15) is 45.7 Å². The minimum Gasteiger partial charge on any atom is -0.491 e. The van der Waals surface area contributed by atoms with E-state index in [4.69, 9.17) is 17.0 Å². The Kier molecular flexibility index (Phi) is 5.79. The summed E-state index contributed by atoms with van der Waals surface area (Å²) in [5.74, 6) is 1.43. The number of ether oxygens (including phenoxy) is 1. The monoisotopic (exact) mass is 394 g/mol. The Hall–Kier alpha value is -2.73. The van der Waals surface area contributed by atoms with E-state index >= 15 is 0 Å². The zero-order valence-corrected chi connectivity index (χ0v) is 17.7. The fourth-order valence-corrected chi connectivity index (χ4v) is 2.94. The number of aromatic nitrogens is 3. The molecule has 0 bridgehead atoms. The molecule has 0 aliphatic rings. The van der Waals surface area contributed by atoms with E-state index in [1.165, 1.54) is 5.56 Å². The SMILES string of the molecule is CC(C)Oc1cccc(-c2n[nH]c(=S)n2/N=C\c2ccc(C(C)(C)C)cc2)c1. The molecule has 6 heteroatoms. The zero-order chi connectivity index (χ0) is 20.3. The van der Waals surface area contributed by atoms with Crippen LogP contribution in [0.5, 0.6) is 5.75 Å². The first kappa shape index (κ1) is 20.0. The summed E-state index contributed by atoms with van der Waals surface area (Å²) in [6, 6.07) is 16.1. The van der Waals surface area contributed by atoms with Gasteiger partial charge in [0.1, 0.15) is 5.75 Å². The molecule has 1 aromatic heterocycles. The zero-order valence-electron chi connectivity index (χ0n) is 16.9. The van der Waals surface area contributed by atoms with Crippen LogP contribution in [0.15, 0.2) is 53.6 Å². The van der Waals surface area contributed by atoms with Crippen molar-refractivity contribution in [2.24, 2.45) is 5.10 Å². The maximum absolute atomic E-state index is 5.78. The van der Waals surface area contributed by atoms with Crippen LogP contribution in [-0.2, 0) is 5.41 Å². The molecule has 0 spiro atoms. The van der Waals surface area contributed by atoms with Gasteiger partial charge in [-0.2, -0.15) is 14.9 Å². The fourth-order valence-electron chi connectivity index (χ4n) is 2.76. The molecule has 2 aromatic carbocycles. The lowest BCUT2D eigenvalue weighted by atomic mass is 9.87. The lowest BCUT2D eigenvalue weighted by Crippen LogP contribution is -2.10. The first-order valence-corrected chi connectivity index (χ1v) is 9.74. The predicted molar refractivity (Wildman–Crippen MR) is 117 cm³/mol. The van der Waals surface area contributed by atoms with Gasteiger partial charge in [-0.15, -0.1) is 0 Å². The van der Waals surface area contributed by atoms with Crippen molar-refractivity contribution in [2.45, 2.75) is 46.1 Å². The highest BCUT2D eigenvalue weighted by molar-refractivity contribution is 7.71. The van der Waals surface area contributed by atoms with Gasteiger partial charge in [0.2, 0.25) is 4.77 Å². The van der Waals surface area contributed by atoms with E-state index < -0.39 is 0 Å². The number of benzene rings is 2. The van der Waals surface area contributed by atoms with Crippen molar-refractivity contribution in [3.8, 4) is 17.1 Å². The summed E-state index contributed by atoms with van der Waals surface area (Å²) in [5.41, 5.74) is 3.29. The van der Waals surface area contributed by atoms with Gasteiger partial charge in [0.15, 0.2) is 5.82 Å². The van der Waals surface area contributed by atoms with Gasteiger partial charge in [-0.25, -0.2) is 5.10 Å². The molecule has 0 amide bonds. The third-order valence-electron chi connectivity index (χ3n) is 4.21. The topological polar surface area (TPSA) is 55.2 Å². The van der Waals surface area contributed by atoms with Crippen LogP contribution in [0.4, 0.5) is 0 Å². The summed E-state index contributed by atoms with van der Waals surface area (Å²) in [4.78, 5) is 0. The van der Waals surface area contributed by atoms with Crippen LogP contribution >= 0.6 is 12.2 Å². The predicted octanol–water partition coefficient (Wildman–Crippen LogP) is 5.57. The van der Waals surface area contributed by atoms with Crippen molar-refractivity contribution in [2.75, 3.05) is 0 Å². The molecule has 28 heavy (non-hydrogen) atoms. The number of hydrogen-bond donors (Lipinski definition) is 1. The Balaban J connectivity index is 1.90. The van der Waals surface area contributed by atoms with Gasteiger partial charge in [-0.05, 0) is 54.7 Å². The van der Waals surface area contributed by atoms with Crippen molar-refractivity contribution >= 4 is 18.4 Å². The van der Waals surface area contributed by atoms with E-state index in [2.05, 4.69) is 60.3 Å². The van der Waals surface area contributed by atoms with E-state index in [-0.39, 0.29) is 11.5 Å². The van der Waals surface area contributed by atoms with Crippen LogP contribution in [0.25, 0.3) is 11.4 Å². The van der Waals surface area contributed by atoms with E-state index in [1.807, 2.05) is 38.1 Å². The van der Waals surface area contributed by atoms with E-state index in [0.29, 0.717) is 10.6 Å². The molecule has 1 heterocycles. The third kappa shape index (κ3) is 4.75. The number of hydrogen-bond acceptors (Lipinski definition) is 4. The summed E-state index contributed by atoms with van der Waals surface area (Å²) in [7, 11) is 0. The first-order chi connectivity index (χ1) is 13.2. The molecule has 5 nitrogen and oxygen atoms in total. The van der Waals surface area contributed by atoms with Gasteiger partial charge >= 0.3 is 0 Å². The maximum Gasteiger partial charge on any atom is 0.216 e. The second-order valence-electron chi connectivity index (χ2n) is 7.98. The number of aromatic amines is 1. The van der Waals surface area contributed by atoms with Crippen molar-refractivity contribution in [1.82, 2.24) is 14.9 Å². The molecular formula is C22H26N4OS. The van der Waals surface area contributed by atoms with Crippen molar-refractivity contribution in [3.05, 3.63) is 64.4 Å². The molecule has 0 atom stereocenters. The molecule has 0 radical (unpaired) electrons. The minimum atomic E-state index is 0.102. The van der Waals surface area contributed by atoms with Crippen LogP contribution in [0.3, 0.4) is 0 Å². The number of H-pyrrole nitrogens is 1. The van der Waals surface area contributed by atoms with Gasteiger partial charge in [0.05, 0.1) is 12.3 Å². The normalized spacial score (nSPS) is 12.1. The smallest absolute Gasteiger partial charge is 0.216 e. The van der Waals surface area contributed by atoms with Crippen LogP contribution in [-0.4, -0.2) is 27.2 Å². The van der Waals surface area contributed by atoms with Gasteiger partial charge in [-0.3, -0.25) is 0 Å². The molecule has 0 saturated carbocycles. The standard InChI is InChI=1S/C22H26N4OS/c1-15(2)27-19-8-6-7-17(13-19)20-24-25-21(28)26(20)23-14-16-9-11-18(12-10-16)22(3,4)5/h6-15H,1-5H3,(H,25,28)/b23-14-. The van der Waals surface area contributed by atoms with Crippen molar-refractivity contribution < 1.29 is 4.74 Å². The summed E-state index contributed by atoms with van der Waals surface area (Å²) < 4.78 is 7.84. The lowest BCUT2D eigenvalue weighted by molar-refractivity contribution is 0.242. The molecule has 0 fully saturated rings. The molecule has 0 aliphatic carbocycles. The third-order valence-corrected chi connectivity index (χ3v) is 4.48. The van der Waals surface area contributed by atoms with Gasteiger partial charge in [0.25, 0.3) is 0 Å². The maximum atomic E-state index is 5.78. The quantitative estimate of drug-likeness (QED) is 0.454. The lowest BCUT2D eigenvalue weighted by Gasteiger charge is -2.18. The van der Waals surface area contributed by atoms with Crippen molar-refractivity contribution in [3.63, 3.8) is 0 Å². The summed E-state index contributed by atoms with van der Waals surface area (Å²) in [6.45, 7) is 10.6. The molecule has 3 rings (SSSR count). The second-order valence-corrected chi connectivity index (χ2v) is 8.36. The molecule has 0 saturated heterocycles. The number of nitrogens with one attached hydrogen (secondary N) is 1. The Morgan fingerprint density at radius 1 is 1.14 bits per heavy atom. The van der Waals surface area contributed by atoms with E-state index in [9.17, 15) is 0 Å². The average Bonchev–Trinajstić information content (AvgIpc) is 3.00. The molecule has 146 valence electrons. The Morgan fingerprint density at radius 2 is 1.86 bits per heavy atom. The largest absolute Gasteiger partial charge is 0.491 e. The highest BCUT2D eigenvalue weighted by atomic mass is 32.1. The fraction of sp³-hybridized carbons (Fsp3) is 0.318. The molecule has 1 N–H and O–H groups in total. The minimum absolute atomic E-state index is 0.102. The molecule has 3 aromatic rings.